The normalized spacial score (nSPS) is 23.5. The molecule has 0 N–H and O–H groups in total. The van der Waals surface area contributed by atoms with E-state index in [0.717, 1.165) is 25.1 Å². The summed E-state index contributed by atoms with van der Waals surface area (Å²) in [6.45, 7) is 5.13. The molecule has 2 aromatic rings. The first-order valence-electron chi connectivity index (χ1n) is 10.5. The zero-order valence-corrected chi connectivity index (χ0v) is 17.4. The van der Waals surface area contributed by atoms with E-state index in [0.29, 0.717) is 11.5 Å². The van der Waals surface area contributed by atoms with Crippen LogP contribution in [0.15, 0.2) is 53.4 Å². The fraction of sp³-hybridized carbons (Fsp3) is 0.458. The number of nitrogens with zero attached hydrogens (tertiary/aromatic N) is 2. The van der Waals surface area contributed by atoms with Gasteiger partial charge in [0.05, 0.1) is 0 Å². The fourth-order valence-corrected chi connectivity index (χ4v) is 6.29. The zero-order chi connectivity index (χ0) is 19.1. The molecule has 1 unspecified atom stereocenters. The van der Waals surface area contributed by atoms with Crippen molar-refractivity contribution in [3.63, 3.8) is 0 Å². The number of rotatable bonds is 3. The highest BCUT2D eigenvalue weighted by Gasteiger charge is 2.46. The molecule has 2 aromatic carbocycles. The maximum Gasteiger partial charge on any atom is 0.254 e. The van der Waals surface area contributed by atoms with Gasteiger partial charge in [-0.2, -0.15) is 0 Å². The van der Waals surface area contributed by atoms with Gasteiger partial charge in [-0.15, -0.1) is 0 Å². The van der Waals surface area contributed by atoms with Crippen molar-refractivity contribution in [1.82, 2.24) is 9.21 Å². The lowest BCUT2D eigenvalue weighted by Crippen LogP contribution is -2.36. The third-order valence-corrected chi connectivity index (χ3v) is 8.03. The predicted molar refractivity (Wildman–Crippen MR) is 114 cm³/mol. The molecule has 1 aliphatic carbocycles. The van der Waals surface area contributed by atoms with Gasteiger partial charge >= 0.3 is 0 Å². The average Bonchev–Trinajstić information content (AvgIpc) is 3.04. The minimum Gasteiger partial charge on any atom is -0.334 e. The summed E-state index contributed by atoms with van der Waals surface area (Å²) in [6, 6.07) is 17.2. The first kappa shape index (κ1) is 18.3. The summed E-state index contributed by atoms with van der Waals surface area (Å²) in [7, 11) is 0. The molecular weight excluding hydrogens is 364 g/mol. The van der Waals surface area contributed by atoms with E-state index in [1.807, 2.05) is 47.2 Å². The lowest BCUT2D eigenvalue weighted by atomic mass is 9.68. The summed E-state index contributed by atoms with van der Waals surface area (Å²) in [6.07, 6.45) is 6.53. The van der Waals surface area contributed by atoms with E-state index < -0.39 is 0 Å². The van der Waals surface area contributed by atoms with Gasteiger partial charge in [0.1, 0.15) is 0 Å². The molecule has 1 atom stereocenters. The van der Waals surface area contributed by atoms with Gasteiger partial charge in [-0.1, -0.05) is 30.7 Å². The number of benzene rings is 2. The van der Waals surface area contributed by atoms with Crippen molar-refractivity contribution in [2.24, 2.45) is 5.41 Å². The second-order valence-electron chi connectivity index (χ2n) is 8.85. The lowest BCUT2D eigenvalue weighted by Gasteiger charge is -2.38. The molecule has 0 bridgehead atoms. The number of fused-ring (bicyclic) bond motifs is 1. The number of hydrogen-bond acceptors (Lipinski definition) is 3. The number of carbonyl (C=O) groups is 1. The van der Waals surface area contributed by atoms with E-state index in [-0.39, 0.29) is 5.91 Å². The Kier molecular flexibility index (Phi) is 4.72. The molecule has 146 valence electrons. The average molecular weight is 393 g/mol. The Morgan fingerprint density at radius 2 is 1.93 bits per heavy atom. The monoisotopic (exact) mass is 392 g/mol. The lowest BCUT2D eigenvalue weighted by molar-refractivity contribution is 0.0734. The van der Waals surface area contributed by atoms with Gasteiger partial charge in [-0.25, -0.2) is 4.31 Å². The molecular formula is C24H28N2OS. The first-order chi connectivity index (χ1) is 13.6. The largest absolute Gasteiger partial charge is 0.334 e. The second-order valence-corrected chi connectivity index (χ2v) is 9.97. The van der Waals surface area contributed by atoms with Crippen LogP contribution in [0.1, 0.15) is 54.1 Å². The summed E-state index contributed by atoms with van der Waals surface area (Å²) >= 11 is 1.92. The van der Waals surface area contributed by atoms with Crippen LogP contribution in [0.3, 0.4) is 0 Å². The van der Waals surface area contributed by atoms with Crippen molar-refractivity contribution < 1.29 is 4.79 Å². The van der Waals surface area contributed by atoms with E-state index >= 15 is 0 Å². The number of amides is 1. The van der Waals surface area contributed by atoms with Crippen molar-refractivity contribution in [3.8, 4) is 0 Å². The Morgan fingerprint density at radius 3 is 2.64 bits per heavy atom. The molecule has 0 aromatic heterocycles. The van der Waals surface area contributed by atoms with E-state index in [4.69, 9.17) is 0 Å². The van der Waals surface area contributed by atoms with Crippen LogP contribution in [0, 0.1) is 5.41 Å². The molecule has 2 heterocycles. The quantitative estimate of drug-likeness (QED) is 0.675. The van der Waals surface area contributed by atoms with Crippen molar-refractivity contribution in [2.75, 3.05) is 13.1 Å². The van der Waals surface area contributed by atoms with Crippen molar-refractivity contribution in [3.05, 3.63) is 65.2 Å². The highest BCUT2D eigenvalue weighted by molar-refractivity contribution is 7.97. The van der Waals surface area contributed by atoms with Gasteiger partial charge in [0, 0.05) is 36.1 Å². The highest BCUT2D eigenvalue weighted by Crippen LogP contribution is 2.52. The van der Waals surface area contributed by atoms with Crippen LogP contribution >= 0.6 is 11.9 Å². The third kappa shape index (κ3) is 3.37. The first-order valence-corrected chi connectivity index (χ1v) is 11.3. The van der Waals surface area contributed by atoms with E-state index in [2.05, 4.69) is 29.4 Å². The molecule has 5 rings (SSSR count). The van der Waals surface area contributed by atoms with Crippen LogP contribution in [-0.2, 0) is 13.0 Å². The molecule has 2 aliphatic heterocycles. The summed E-state index contributed by atoms with van der Waals surface area (Å²) < 4.78 is 2.59. The van der Waals surface area contributed by atoms with E-state index in [1.54, 1.807) is 0 Å². The van der Waals surface area contributed by atoms with Crippen LogP contribution < -0.4 is 0 Å². The van der Waals surface area contributed by atoms with Crippen molar-refractivity contribution in [2.45, 2.75) is 56.5 Å². The molecule has 3 aliphatic rings. The van der Waals surface area contributed by atoms with Gasteiger partial charge in [-0.05, 0) is 85.4 Å². The zero-order valence-electron chi connectivity index (χ0n) is 16.6. The van der Waals surface area contributed by atoms with Crippen molar-refractivity contribution in [1.29, 1.82) is 0 Å². The minimum absolute atomic E-state index is 0.143. The minimum atomic E-state index is 0.143. The number of carbonyl (C=O) groups excluding carboxylic acids is 1. The maximum atomic E-state index is 12.8. The summed E-state index contributed by atoms with van der Waals surface area (Å²) in [5.41, 5.74) is 4.10. The van der Waals surface area contributed by atoms with E-state index in [9.17, 15) is 4.79 Å². The standard InChI is InChI=1S/C24H28N2OS/c1-18-15-24(11-5-12-24)17-26(18)28-22-9-8-19-10-13-25(16-21(19)14-22)23(27)20-6-3-2-4-7-20/h2-4,6-9,14,18H,5,10-13,15-17H2,1H3. The topological polar surface area (TPSA) is 23.6 Å². The molecule has 0 radical (unpaired) electrons. The molecule has 3 nitrogen and oxygen atoms in total. The van der Waals surface area contributed by atoms with Gasteiger partial charge in [0.25, 0.3) is 5.91 Å². The molecule has 1 amide bonds. The molecule has 28 heavy (non-hydrogen) atoms. The Balaban J connectivity index is 1.30. The van der Waals surface area contributed by atoms with Crippen LogP contribution in [0.2, 0.25) is 0 Å². The fourth-order valence-electron chi connectivity index (χ4n) is 5.10. The molecule has 4 heteroatoms. The van der Waals surface area contributed by atoms with Crippen LogP contribution in [0.4, 0.5) is 0 Å². The number of hydrogen-bond donors (Lipinski definition) is 0. The summed E-state index contributed by atoms with van der Waals surface area (Å²) in [5, 5.41) is 0. The predicted octanol–water partition coefficient (Wildman–Crippen LogP) is 5.16. The third-order valence-electron chi connectivity index (χ3n) is 6.85. The summed E-state index contributed by atoms with van der Waals surface area (Å²) in [4.78, 5) is 16.1. The Hall–Kier alpha value is -1.78. The molecule has 1 saturated heterocycles. The van der Waals surface area contributed by atoms with E-state index in [1.165, 1.54) is 48.3 Å². The highest BCUT2D eigenvalue weighted by atomic mass is 32.2. The molecule has 2 fully saturated rings. The second kappa shape index (κ2) is 7.23. The van der Waals surface area contributed by atoms with Gasteiger partial charge in [0.2, 0.25) is 0 Å². The van der Waals surface area contributed by atoms with Crippen LogP contribution in [-0.4, -0.2) is 34.2 Å². The SMILES string of the molecule is CC1CC2(CCC2)CN1Sc1ccc2c(c1)CN(C(=O)c1ccccc1)CC2. The Labute approximate surface area is 172 Å². The molecule has 1 spiro atoms. The van der Waals surface area contributed by atoms with Crippen LogP contribution in [0.25, 0.3) is 0 Å². The van der Waals surface area contributed by atoms with Crippen molar-refractivity contribution >= 4 is 17.9 Å². The van der Waals surface area contributed by atoms with Gasteiger partial charge in [-0.3, -0.25) is 4.79 Å². The Bertz CT molecular complexity index is 877. The maximum absolute atomic E-state index is 12.8. The smallest absolute Gasteiger partial charge is 0.254 e. The summed E-state index contributed by atoms with van der Waals surface area (Å²) in [5.74, 6) is 0.143. The molecule has 1 saturated carbocycles. The van der Waals surface area contributed by atoms with Gasteiger partial charge in [0.15, 0.2) is 0 Å². The Morgan fingerprint density at radius 1 is 1.11 bits per heavy atom. The van der Waals surface area contributed by atoms with Gasteiger partial charge < -0.3 is 4.90 Å². The van der Waals surface area contributed by atoms with Crippen LogP contribution in [0.5, 0.6) is 0 Å².